The number of para-hydroxylation sites is 4. The Hall–Kier alpha value is -7.30. The third-order valence-electron chi connectivity index (χ3n) is 13.4. The summed E-state index contributed by atoms with van der Waals surface area (Å²) in [6, 6.07) is 55.0. The summed E-state index contributed by atoms with van der Waals surface area (Å²) in [5, 5.41) is 6.08. The Morgan fingerprint density at radius 3 is 2.05 bits per heavy atom. The molecule has 10 aromatic rings. The molecule has 3 atom stereocenters. The fourth-order valence-electron chi connectivity index (χ4n) is 10.6. The first kappa shape index (κ1) is 33.6. The molecule has 3 aromatic heterocycles. The van der Waals surface area contributed by atoms with Gasteiger partial charge in [0.1, 0.15) is 22.7 Å². The molecule has 0 N–H and O–H groups in total. The SMILES string of the molecule is CC1C=Cc2c(n(-c3ccc4oc5c(-c6cccc(C7=C8Oc9ccc(-n%10c%11ccccc%11c%11ccccc%11%10)cc9C8C(C)C=C7)c6)cccc5c4c3)c3ccccc23)C1. The van der Waals surface area contributed by atoms with E-state index < -0.39 is 0 Å². The van der Waals surface area contributed by atoms with Gasteiger partial charge >= 0.3 is 0 Å². The van der Waals surface area contributed by atoms with Gasteiger partial charge in [-0.25, -0.2) is 0 Å². The van der Waals surface area contributed by atoms with Crippen molar-refractivity contribution >= 4 is 66.3 Å². The van der Waals surface area contributed by atoms with E-state index in [0.29, 0.717) is 5.92 Å². The second-order valence-electron chi connectivity index (χ2n) is 17.0. The second-order valence-corrected chi connectivity index (χ2v) is 17.0. The largest absolute Gasteiger partial charge is 0.460 e. The van der Waals surface area contributed by atoms with Gasteiger partial charge in [-0.15, -0.1) is 0 Å². The van der Waals surface area contributed by atoms with E-state index in [9.17, 15) is 0 Å². The molecule has 4 heteroatoms. The van der Waals surface area contributed by atoms with Gasteiger partial charge in [-0.2, -0.15) is 0 Å². The van der Waals surface area contributed by atoms with Crippen molar-refractivity contribution in [2.24, 2.45) is 11.8 Å². The third-order valence-corrected chi connectivity index (χ3v) is 13.4. The van der Waals surface area contributed by atoms with Crippen LogP contribution in [0.5, 0.6) is 5.75 Å². The molecule has 0 fully saturated rings. The fraction of sp³-hybridized carbons (Fsp3) is 0.107. The molecular formula is C56H40N2O2. The second kappa shape index (κ2) is 12.6. The monoisotopic (exact) mass is 772 g/mol. The lowest BCUT2D eigenvalue weighted by Crippen LogP contribution is -2.13. The number of nitrogens with zero attached hydrogens (tertiary/aromatic N) is 2. The molecule has 4 heterocycles. The Morgan fingerprint density at radius 1 is 0.550 bits per heavy atom. The van der Waals surface area contributed by atoms with Gasteiger partial charge in [0.2, 0.25) is 0 Å². The maximum absolute atomic E-state index is 6.86. The Morgan fingerprint density at radius 2 is 1.23 bits per heavy atom. The first-order valence-corrected chi connectivity index (χ1v) is 21.2. The lowest BCUT2D eigenvalue weighted by molar-refractivity contribution is 0.408. The van der Waals surface area contributed by atoms with E-state index in [1.807, 2.05) is 0 Å². The highest BCUT2D eigenvalue weighted by Gasteiger charge is 2.38. The predicted octanol–water partition coefficient (Wildman–Crippen LogP) is 14.6. The van der Waals surface area contributed by atoms with Crippen molar-refractivity contribution < 1.29 is 9.15 Å². The molecule has 0 radical (unpaired) electrons. The minimum atomic E-state index is 0.118. The van der Waals surface area contributed by atoms with E-state index in [4.69, 9.17) is 9.15 Å². The van der Waals surface area contributed by atoms with Gasteiger partial charge in [0.05, 0.1) is 22.5 Å². The van der Waals surface area contributed by atoms with Crippen LogP contribution >= 0.6 is 0 Å². The Labute approximate surface area is 347 Å². The number of fused-ring (bicyclic) bond motifs is 12. The summed E-state index contributed by atoms with van der Waals surface area (Å²) < 4.78 is 18.5. The molecule has 286 valence electrons. The molecule has 60 heavy (non-hydrogen) atoms. The van der Waals surface area contributed by atoms with Crippen LogP contribution in [0.1, 0.15) is 42.1 Å². The highest BCUT2D eigenvalue weighted by molar-refractivity contribution is 6.11. The zero-order valence-electron chi connectivity index (χ0n) is 33.4. The number of hydrogen-bond acceptors (Lipinski definition) is 2. The third kappa shape index (κ3) is 4.79. The Kier molecular flexibility index (Phi) is 7.07. The van der Waals surface area contributed by atoms with E-state index in [2.05, 4.69) is 199 Å². The quantitative estimate of drug-likeness (QED) is 0.178. The van der Waals surface area contributed by atoms with Gasteiger partial charge in [0.15, 0.2) is 0 Å². The van der Waals surface area contributed by atoms with Gasteiger partial charge in [-0.1, -0.05) is 129 Å². The van der Waals surface area contributed by atoms with Gasteiger partial charge in [-0.05, 0) is 90.0 Å². The molecule has 0 bridgehead atoms. The van der Waals surface area contributed by atoms with Gasteiger partial charge < -0.3 is 18.3 Å². The fourth-order valence-corrected chi connectivity index (χ4v) is 10.6. The summed E-state index contributed by atoms with van der Waals surface area (Å²) in [4.78, 5) is 0. The first-order chi connectivity index (χ1) is 29.6. The highest BCUT2D eigenvalue weighted by Crippen LogP contribution is 2.51. The first-order valence-electron chi connectivity index (χ1n) is 21.2. The number of ether oxygens (including phenoxy) is 1. The van der Waals surface area contributed by atoms with E-state index >= 15 is 0 Å². The Balaban J connectivity index is 0.898. The molecule has 7 aromatic carbocycles. The van der Waals surface area contributed by atoms with Gasteiger partial charge in [0, 0.05) is 66.3 Å². The van der Waals surface area contributed by atoms with Crippen LogP contribution in [-0.2, 0) is 6.42 Å². The van der Waals surface area contributed by atoms with Crippen molar-refractivity contribution in [3.63, 3.8) is 0 Å². The lowest BCUT2D eigenvalue weighted by Gasteiger charge is -2.24. The summed E-state index contributed by atoms with van der Waals surface area (Å²) in [7, 11) is 0. The van der Waals surface area contributed by atoms with E-state index in [1.165, 1.54) is 55.2 Å². The van der Waals surface area contributed by atoms with Crippen LogP contribution in [0.25, 0.3) is 88.8 Å². The lowest BCUT2D eigenvalue weighted by atomic mass is 9.80. The molecule has 0 amide bonds. The van der Waals surface area contributed by atoms with E-state index in [0.717, 1.165) is 67.8 Å². The predicted molar refractivity (Wildman–Crippen MR) is 247 cm³/mol. The maximum Gasteiger partial charge on any atom is 0.143 e. The Bertz CT molecular complexity index is 3490. The van der Waals surface area contributed by atoms with E-state index in [1.54, 1.807) is 0 Å². The van der Waals surface area contributed by atoms with Crippen molar-refractivity contribution in [2.75, 3.05) is 0 Å². The topological polar surface area (TPSA) is 32.2 Å². The summed E-state index contributed by atoms with van der Waals surface area (Å²) in [5.41, 5.74) is 16.2. The minimum Gasteiger partial charge on any atom is -0.460 e. The number of furan rings is 1. The number of aromatic nitrogens is 2. The summed E-state index contributed by atoms with van der Waals surface area (Å²) >= 11 is 0. The molecule has 2 aliphatic carbocycles. The molecule has 3 unspecified atom stereocenters. The standard InChI is InChI=1S/C56H40N2O2/c1-33-21-25-44-43-15-5-8-20-50(43)58(51(44)29-33)37-23-27-52-46(31-37)45-17-10-16-39(55(45)59-52)35-11-9-12-36(30-35)40-26-22-34(2)54-47-32-38(24-28-53(47)60-56(40)54)57-48-18-6-3-13-41(48)42-14-4-7-19-49(42)57/h3-28,30-34,54H,29H2,1-2H3. The molecule has 0 spiro atoms. The van der Waals surface area contributed by atoms with Crippen LogP contribution in [0.15, 0.2) is 180 Å². The average Bonchev–Trinajstić information content (AvgIpc) is 4.04. The van der Waals surface area contributed by atoms with Crippen molar-refractivity contribution in [3.05, 3.63) is 198 Å². The molecule has 4 nitrogen and oxygen atoms in total. The normalized spacial score (nSPS) is 18.2. The van der Waals surface area contributed by atoms with E-state index in [-0.39, 0.29) is 11.8 Å². The van der Waals surface area contributed by atoms with Gasteiger partial charge in [0.25, 0.3) is 0 Å². The zero-order valence-corrected chi connectivity index (χ0v) is 33.4. The van der Waals surface area contributed by atoms with Crippen molar-refractivity contribution in [3.8, 4) is 28.3 Å². The summed E-state index contributed by atoms with van der Waals surface area (Å²) in [5.74, 6) is 2.86. The highest BCUT2D eigenvalue weighted by atomic mass is 16.5. The maximum atomic E-state index is 6.86. The van der Waals surface area contributed by atoms with Crippen LogP contribution in [0.3, 0.4) is 0 Å². The van der Waals surface area contributed by atoms with Crippen LogP contribution in [0.2, 0.25) is 0 Å². The van der Waals surface area contributed by atoms with Crippen LogP contribution in [0, 0.1) is 11.8 Å². The molecule has 0 saturated carbocycles. The van der Waals surface area contributed by atoms with Crippen LogP contribution < -0.4 is 4.74 Å². The minimum absolute atomic E-state index is 0.118. The number of hydrogen-bond donors (Lipinski definition) is 0. The molecule has 13 rings (SSSR count). The van der Waals surface area contributed by atoms with Crippen LogP contribution in [0.4, 0.5) is 0 Å². The molecular weight excluding hydrogens is 733 g/mol. The number of rotatable bonds is 4. The zero-order chi connectivity index (χ0) is 39.6. The van der Waals surface area contributed by atoms with Crippen molar-refractivity contribution in [1.82, 2.24) is 9.13 Å². The molecule has 3 aliphatic rings. The van der Waals surface area contributed by atoms with Crippen molar-refractivity contribution in [1.29, 1.82) is 0 Å². The summed E-state index contributed by atoms with van der Waals surface area (Å²) in [6.45, 7) is 4.60. The summed E-state index contributed by atoms with van der Waals surface area (Å²) in [6.07, 6.45) is 10.3. The average molecular weight is 773 g/mol. The smallest absolute Gasteiger partial charge is 0.143 e. The van der Waals surface area contributed by atoms with Crippen LogP contribution in [-0.4, -0.2) is 9.13 Å². The number of benzene rings is 7. The number of allylic oxidation sites excluding steroid dienone is 5. The molecule has 0 saturated heterocycles. The van der Waals surface area contributed by atoms with Gasteiger partial charge in [-0.3, -0.25) is 0 Å². The van der Waals surface area contributed by atoms with Crippen molar-refractivity contribution in [2.45, 2.75) is 26.2 Å². The molecule has 1 aliphatic heterocycles.